The molecule has 0 radical (unpaired) electrons. The second kappa shape index (κ2) is 4.34. The smallest absolute Gasteiger partial charge is 0.224 e. The molecule has 76 valence electrons. The molecule has 0 saturated carbocycles. The maximum Gasteiger partial charge on any atom is 0.224 e. The first kappa shape index (κ1) is 9.35. The molecular weight excluding hydrogens is 194 g/mol. The van der Waals surface area contributed by atoms with Crippen LogP contribution in [0.15, 0.2) is 36.9 Å². The lowest BCUT2D eigenvalue weighted by Crippen LogP contribution is -2.08. The van der Waals surface area contributed by atoms with Gasteiger partial charge < -0.3 is 10.2 Å². The second-order valence-corrected chi connectivity index (χ2v) is 2.68. The number of hydrogen-bond acceptors (Lipinski definition) is 6. The standard InChI is InChI=1S/C9H9N5O/c10-14-8-4-9(13-6-12-8)15-7-2-1-3-11-5-7/h1-6H,10H2,(H,12,13,14). The molecule has 0 aliphatic heterocycles. The lowest BCUT2D eigenvalue weighted by atomic mass is 10.4. The van der Waals surface area contributed by atoms with Crippen molar-refractivity contribution in [3.63, 3.8) is 0 Å². The van der Waals surface area contributed by atoms with Crippen LogP contribution in [0.4, 0.5) is 5.82 Å². The van der Waals surface area contributed by atoms with Crippen molar-refractivity contribution in [2.24, 2.45) is 5.84 Å². The van der Waals surface area contributed by atoms with E-state index in [1.54, 1.807) is 30.6 Å². The van der Waals surface area contributed by atoms with Crippen molar-refractivity contribution in [2.75, 3.05) is 5.43 Å². The summed E-state index contributed by atoms with van der Waals surface area (Å²) in [5.41, 5.74) is 2.41. The molecule has 0 bridgehead atoms. The molecule has 0 amide bonds. The van der Waals surface area contributed by atoms with Gasteiger partial charge in [0.05, 0.1) is 6.20 Å². The predicted molar refractivity (Wildman–Crippen MR) is 54.2 cm³/mol. The van der Waals surface area contributed by atoms with Gasteiger partial charge in [0.25, 0.3) is 0 Å². The minimum atomic E-state index is 0.408. The summed E-state index contributed by atoms with van der Waals surface area (Å²) in [6, 6.07) is 5.15. The van der Waals surface area contributed by atoms with Crippen LogP contribution in [0.1, 0.15) is 0 Å². The van der Waals surface area contributed by atoms with Crippen LogP contribution < -0.4 is 16.0 Å². The Morgan fingerprint density at radius 3 is 3.00 bits per heavy atom. The van der Waals surface area contributed by atoms with Gasteiger partial charge in [-0.05, 0) is 12.1 Å². The fraction of sp³-hybridized carbons (Fsp3) is 0. The van der Waals surface area contributed by atoms with Crippen molar-refractivity contribution >= 4 is 5.82 Å². The Morgan fingerprint density at radius 1 is 1.33 bits per heavy atom. The highest BCUT2D eigenvalue weighted by atomic mass is 16.5. The Balaban J connectivity index is 2.17. The molecule has 0 atom stereocenters. The average Bonchev–Trinajstić information content (AvgIpc) is 2.31. The van der Waals surface area contributed by atoms with E-state index < -0.39 is 0 Å². The Bertz CT molecular complexity index is 434. The highest BCUT2D eigenvalue weighted by molar-refractivity contribution is 5.36. The van der Waals surface area contributed by atoms with Crippen LogP contribution in [0.25, 0.3) is 0 Å². The Kier molecular flexibility index (Phi) is 2.70. The van der Waals surface area contributed by atoms with E-state index in [1.165, 1.54) is 6.33 Å². The number of nitrogens with zero attached hydrogens (tertiary/aromatic N) is 3. The molecule has 0 aliphatic carbocycles. The first-order valence-corrected chi connectivity index (χ1v) is 4.25. The topological polar surface area (TPSA) is 86.0 Å². The van der Waals surface area contributed by atoms with E-state index in [4.69, 9.17) is 10.6 Å². The molecule has 2 rings (SSSR count). The summed E-state index contributed by atoms with van der Waals surface area (Å²) in [7, 11) is 0. The van der Waals surface area contributed by atoms with Gasteiger partial charge in [0, 0.05) is 12.3 Å². The lowest BCUT2D eigenvalue weighted by molar-refractivity contribution is 0.459. The van der Waals surface area contributed by atoms with Crippen LogP contribution in [0.3, 0.4) is 0 Å². The molecule has 2 aromatic rings. The van der Waals surface area contributed by atoms with E-state index >= 15 is 0 Å². The van der Waals surface area contributed by atoms with Crippen LogP contribution in [0.2, 0.25) is 0 Å². The summed E-state index contributed by atoms with van der Waals surface area (Å²) in [6.07, 6.45) is 4.62. The molecule has 6 nitrogen and oxygen atoms in total. The fourth-order valence-corrected chi connectivity index (χ4v) is 1.00. The van der Waals surface area contributed by atoms with Crippen molar-refractivity contribution in [3.05, 3.63) is 36.9 Å². The molecule has 2 heterocycles. The molecular formula is C9H9N5O. The molecule has 0 fully saturated rings. The number of anilines is 1. The predicted octanol–water partition coefficient (Wildman–Crippen LogP) is 0.950. The van der Waals surface area contributed by atoms with Crippen LogP contribution in [-0.2, 0) is 0 Å². The summed E-state index contributed by atoms with van der Waals surface area (Å²) in [5.74, 6) is 6.71. The molecule has 0 spiro atoms. The van der Waals surface area contributed by atoms with Gasteiger partial charge in [0.2, 0.25) is 5.88 Å². The molecule has 15 heavy (non-hydrogen) atoms. The zero-order valence-corrected chi connectivity index (χ0v) is 7.79. The lowest BCUT2D eigenvalue weighted by Gasteiger charge is -2.04. The van der Waals surface area contributed by atoms with E-state index in [-0.39, 0.29) is 0 Å². The van der Waals surface area contributed by atoms with Crippen molar-refractivity contribution in [1.29, 1.82) is 0 Å². The summed E-state index contributed by atoms with van der Waals surface area (Å²) >= 11 is 0. The molecule has 0 aromatic carbocycles. The molecule has 0 aliphatic rings. The van der Waals surface area contributed by atoms with Gasteiger partial charge in [-0.25, -0.2) is 15.8 Å². The van der Waals surface area contributed by atoms with Crippen molar-refractivity contribution in [2.45, 2.75) is 0 Å². The highest BCUT2D eigenvalue weighted by Crippen LogP contribution is 2.18. The first-order valence-electron chi connectivity index (χ1n) is 4.25. The first-order chi connectivity index (χ1) is 7.38. The average molecular weight is 203 g/mol. The highest BCUT2D eigenvalue weighted by Gasteiger charge is 1.99. The molecule has 3 N–H and O–H groups in total. The summed E-state index contributed by atoms with van der Waals surface area (Å²) in [5, 5.41) is 0. The van der Waals surface area contributed by atoms with Gasteiger partial charge in [-0.15, -0.1) is 0 Å². The van der Waals surface area contributed by atoms with Crippen molar-refractivity contribution in [3.8, 4) is 11.6 Å². The molecule has 6 heteroatoms. The third-order valence-electron chi connectivity index (χ3n) is 1.65. The Morgan fingerprint density at radius 2 is 2.27 bits per heavy atom. The van der Waals surface area contributed by atoms with E-state index in [1.807, 2.05) is 0 Å². The quantitative estimate of drug-likeness (QED) is 0.570. The van der Waals surface area contributed by atoms with Crippen LogP contribution in [0.5, 0.6) is 11.6 Å². The Hall–Kier alpha value is -2.21. The van der Waals surface area contributed by atoms with Crippen molar-refractivity contribution < 1.29 is 4.74 Å². The summed E-state index contributed by atoms with van der Waals surface area (Å²) < 4.78 is 5.41. The SMILES string of the molecule is NNc1cc(Oc2cccnc2)ncn1. The van der Waals surface area contributed by atoms with Gasteiger partial charge in [0.1, 0.15) is 17.9 Å². The minimum absolute atomic E-state index is 0.408. The number of rotatable bonds is 3. The van der Waals surface area contributed by atoms with Crippen molar-refractivity contribution in [1.82, 2.24) is 15.0 Å². The Labute approximate surface area is 86.1 Å². The van der Waals surface area contributed by atoms with Crippen LogP contribution in [0, 0.1) is 0 Å². The number of nitrogens with two attached hydrogens (primary N) is 1. The second-order valence-electron chi connectivity index (χ2n) is 2.68. The monoisotopic (exact) mass is 203 g/mol. The van der Waals surface area contributed by atoms with Crippen LogP contribution >= 0.6 is 0 Å². The van der Waals surface area contributed by atoms with Gasteiger partial charge >= 0.3 is 0 Å². The summed E-state index contributed by atoms with van der Waals surface area (Å²) in [6.45, 7) is 0. The fourth-order valence-electron chi connectivity index (χ4n) is 1.00. The number of hydrazine groups is 1. The third-order valence-corrected chi connectivity index (χ3v) is 1.65. The molecule has 0 saturated heterocycles. The largest absolute Gasteiger partial charge is 0.437 e. The summed E-state index contributed by atoms with van der Waals surface area (Å²) in [4.78, 5) is 11.7. The number of aromatic nitrogens is 3. The van der Waals surface area contributed by atoms with Gasteiger partial charge in [-0.1, -0.05) is 0 Å². The van der Waals surface area contributed by atoms with E-state index in [9.17, 15) is 0 Å². The van der Waals surface area contributed by atoms with E-state index in [0.29, 0.717) is 17.4 Å². The van der Waals surface area contributed by atoms with E-state index in [2.05, 4.69) is 20.4 Å². The van der Waals surface area contributed by atoms with Gasteiger partial charge in [-0.3, -0.25) is 4.98 Å². The molecule has 0 unspecified atom stereocenters. The van der Waals surface area contributed by atoms with E-state index in [0.717, 1.165) is 0 Å². The maximum atomic E-state index is 5.41. The van der Waals surface area contributed by atoms with Gasteiger partial charge in [-0.2, -0.15) is 0 Å². The molecule has 2 aromatic heterocycles. The zero-order chi connectivity index (χ0) is 10.5. The van der Waals surface area contributed by atoms with Gasteiger partial charge in [0.15, 0.2) is 0 Å². The number of nitrogen functional groups attached to an aromatic ring is 1. The number of ether oxygens (including phenoxy) is 1. The number of pyridine rings is 1. The normalized spacial score (nSPS) is 9.67. The van der Waals surface area contributed by atoms with Crippen LogP contribution in [-0.4, -0.2) is 15.0 Å². The maximum absolute atomic E-state index is 5.41. The number of hydrogen-bond donors (Lipinski definition) is 2. The zero-order valence-electron chi connectivity index (χ0n) is 7.79. The minimum Gasteiger partial charge on any atom is -0.437 e. The third kappa shape index (κ3) is 2.38. The number of nitrogens with one attached hydrogen (secondary N) is 1.